The summed E-state index contributed by atoms with van der Waals surface area (Å²) < 4.78 is 27.1. The molecule has 1 unspecified atom stereocenters. The van der Waals surface area contributed by atoms with Crippen molar-refractivity contribution >= 4 is 40.1 Å². The molecule has 0 spiro atoms. The molecule has 3 amide bonds. The summed E-state index contributed by atoms with van der Waals surface area (Å²) in [5, 5.41) is 8.42. The van der Waals surface area contributed by atoms with E-state index in [1.165, 1.54) is 40.6 Å². The molecule has 3 aromatic carbocycles. The first-order valence-electron chi connectivity index (χ1n) is 14.3. The van der Waals surface area contributed by atoms with E-state index in [4.69, 9.17) is 23.4 Å². The summed E-state index contributed by atoms with van der Waals surface area (Å²) in [4.78, 5) is 56.5. The van der Waals surface area contributed by atoms with Gasteiger partial charge in [-0.15, -0.1) is 0 Å². The molecule has 1 aromatic heterocycles. The van der Waals surface area contributed by atoms with Gasteiger partial charge in [0.05, 0.1) is 57.4 Å². The van der Waals surface area contributed by atoms with E-state index in [1.54, 1.807) is 69.3 Å². The van der Waals surface area contributed by atoms with Crippen LogP contribution in [0.3, 0.4) is 0 Å². The van der Waals surface area contributed by atoms with E-state index >= 15 is 0 Å². The first kappa shape index (κ1) is 33.4. The van der Waals surface area contributed by atoms with Gasteiger partial charge in [0.2, 0.25) is 17.7 Å². The standard InChI is InChI=1S/C34H37N3O9/c1-34(2,3)37-33(41)28(22-18-46-25-11-9-8-10-21(25)30(22)38)29(31(39)35-23-14-12-19(42-4)16-26(23)44-6)32(40)36-24-15-13-20(43-5)17-27(24)45-7/h8-18,28-29H,1-7H3,(H,35,39)(H,36,40)(H,37,41). The molecule has 0 aliphatic heterocycles. The number of carbonyl (C=O) groups is 3. The van der Waals surface area contributed by atoms with E-state index in [0.29, 0.717) is 11.5 Å². The molecular formula is C34H37N3O9. The average molecular weight is 632 g/mol. The van der Waals surface area contributed by atoms with Gasteiger partial charge in [-0.3, -0.25) is 19.2 Å². The fourth-order valence-electron chi connectivity index (χ4n) is 4.87. The van der Waals surface area contributed by atoms with Crippen molar-refractivity contribution in [1.82, 2.24) is 5.32 Å². The van der Waals surface area contributed by atoms with Gasteiger partial charge in [-0.25, -0.2) is 0 Å². The zero-order valence-electron chi connectivity index (χ0n) is 26.7. The molecule has 242 valence electrons. The molecule has 0 bridgehead atoms. The number of carbonyl (C=O) groups excluding carboxylic acids is 3. The fourth-order valence-corrected chi connectivity index (χ4v) is 4.87. The van der Waals surface area contributed by atoms with Gasteiger partial charge in [0, 0.05) is 23.2 Å². The Morgan fingerprint density at radius 2 is 1.24 bits per heavy atom. The molecule has 0 radical (unpaired) electrons. The highest BCUT2D eigenvalue weighted by Gasteiger charge is 2.43. The number of benzene rings is 3. The molecule has 0 saturated heterocycles. The molecule has 0 saturated carbocycles. The molecule has 46 heavy (non-hydrogen) atoms. The zero-order chi connectivity index (χ0) is 33.6. The number of anilines is 2. The Balaban J connectivity index is 1.90. The first-order chi connectivity index (χ1) is 21.9. The van der Waals surface area contributed by atoms with Crippen molar-refractivity contribution < 1.29 is 37.7 Å². The lowest BCUT2D eigenvalue weighted by Gasteiger charge is -2.29. The molecule has 1 heterocycles. The normalized spacial score (nSPS) is 11.8. The van der Waals surface area contributed by atoms with Crippen molar-refractivity contribution in [2.24, 2.45) is 5.92 Å². The lowest BCUT2D eigenvalue weighted by Crippen LogP contribution is -2.50. The van der Waals surface area contributed by atoms with Crippen LogP contribution < -0.4 is 40.3 Å². The van der Waals surface area contributed by atoms with E-state index in [9.17, 15) is 19.2 Å². The fraction of sp³-hybridized carbons (Fsp3) is 0.294. The Hall–Kier alpha value is -5.52. The molecular weight excluding hydrogens is 594 g/mol. The third kappa shape index (κ3) is 7.40. The van der Waals surface area contributed by atoms with Crippen LogP contribution in [-0.4, -0.2) is 51.7 Å². The number of ether oxygens (including phenoxy) is 4. The number of rotatable bonds is 11. The second-order valence-corrected chi connectivity index (χ2v) is 11.3. The van der Waals surface area contributed by atoms with Crippen molar-refractivity contribution in [1.29, 1.82) is 0 Å². The van der Waals surface area contributed by atoms with Crippen LogP contribution in [0.2, 0.25) is 0 Å². The number of para-hydroxylation sites is 1. The maximum atomic E-state index is 14.3. The number of nitrogens with one attached hydrogen (secondary N) is 3. The second kappa shape index (κ2) is 14.1. The van der Waals surface area contributed by atoms with Crippen LogP contribution in [0.5, 0.6) is 23.0 Å². The highest BCUT2D eigenvalue weighted by molar-refractivity contribution is 6.15. The summed E-state index contributed by atoms with van der Waals surface area (Å²) in [5.41, 5.74) is -0.850. The van der Waals surface area contributed by atoms with Crippen LogP contribution >= 0.6 is 0 Å². The summed E-state index contributed by atoms with van der Waals surface area (Å²) in [6, 6.07) is 15.9. The molecule has 4 rings (SSSR count). The molecule has 3 N–H and O–H groups in total. The van der Waals surface area contributed by atoms with Gasteiger partial charge in [0.1, 0.15) is 34.5 Å². The minimum absolute atomic E-state index is 0.181. The SMILES string of the molecule is COc1ccc(NC(=O)C(C(=O)Nc2ccc(OC)cc2OC)C(C(=O)NC(C)(C)C)c2coc3ccccc3c2=O)c(OC)c1. The number of fused-ring (bicyclic) bond motifs is 1. The summed E-state index contributed by atoms with van der Waals surface area (Å²) in [6.07, 6.45) is 1.12. The van der Waals surface area contributed by atoms with Crippen molar-refractivity contribution in [3.63, 3.8) is 0 Å². The summed E-state index contributed by atoms with van der Waals surface area (Å²) in [7, 11) is 5.78. The monoisotopic (exact) mass is 631 g/mol. The van der Waals surface area contributed by atoms with Gasteiger partial charge in [0.15, 0.2) is 5.43 Å². The summed E-state index contributed by atoms with van der Waals surface area (Å²) in [5.74, 6) is -4.55. The number of hydrogen-bond donors (Lipinski definition) is 3. The van der Waals surface area contributed by atoms with E-state index in [1.807, 2.05) is 0 Å². The van der Waals surface area contributed by atoms with Crippen LogP contribution in [0.4, 0.5) is 11.4 Å². The largest absolute Gasteiger partial charge is 0.497 e. The van der Waals surface area contributed by atoms with Crippen LogP contribution in [0.1, 0.15) is 32.3 Å². The Kier molecular flexibility index (Phi) is 10.2. The topological polar surface area (TPSA) is 154 Å². The van der Waals surface area contributed by atoms with Crippen LogP contribution in [0.25, 0.3) is 11.0 Å². The maximum Gasteiger partial charge on any atom is 0.238 e. The Morgan fingerprint density at radius 3 is 1.72 bits per heavy atom. The highest BCUT2D eigenvalue weighted by Crippen LogP contribution is 2.34. The molecule has 1 atom stereocenters. The molecule has 0 aliphatic rings. The van der Waals surface area contributed by atoms with Gasteiger partial charge in [-0.05, 0) is 57.2 Å². The molecule has 12 nitrogen and oxygen atoms in total. The molecule has 4 aromatic rings. The zero-order valence-corrected chi connectivity index (χ0v) is 26.7. The lowest BCUT2D eigenvalue weighted by atomic mass is 9.83. The minimum atomic E-state index is -1.80. The minimum Gasteiger partial charge on any atom is -0.497 e. The van der Waals surface area contributed by atoms with Gasteiger partial charge in [0.25, 0.3) is 0 Å². The number of hydrogen-bond acceptors (Lipinski definition) is 9. The van der Waals surface area contributed by atoms with Gasteiger partial charge in [-0.2, -0.15) is 0 Å². The average Bonchev–Trinajstić information content (AvgIpc) is 3.03. The number of amides is 3. The van der Waals surface area contributed by atoms with Gasteiger partial charge >= 0.3 is 0 Å². The second-order valence-electron chi connectivity index (χ2n) is 11.3. The van der Waals surface area contributed by atoms with Gasteiger partial charge in [-0.1, -0.05) is 12.1 Å². The smallest absolute Gasteiger partial charge is 0.238 e. The van der Waals surface area contributed by atoms with Crippen molar-refractivity contribution in [2.45, 2.75) is 32.2 Å². The van der Waals surface area contributed by atoms with Crippen LogP contribution in [0.15, 0.2) is 76.1 Å². The van der Waals surface area contributed by atoms with Crippen molar-refractivity contribution in [3.8, 4) is 23.0 Å². The quantitative estimate of drug-likeness (QED) is 0.200. The van der Waals surface area contributed by atoms with Gasteiger partial charge < -0.3 is 39.3 Å². The molecule has 0 aliphatic carbocycles. The lowest BCUT2D eigenvalue weighted by molar-refractivity contribution is -0.136. The Labute approximate surface area is 266 Å². The Morgan fingerprint density at radius 1 is 0.717 bits per heavy atom. The molecule has 12 heteroatoms. The van der Waals surface area contributed by atoms with Crippen molar-refractivity contribution in [3.05, 3.63) is 82.7 Å². The Bertz CT molecular complexity index is 1740. The molecule has 0 fully saturated rings. The summed E-state index contributed by atoms with van der Waals surface area (Å²) >= 11 is 0. The van der Waals surface area contributed by atoms with E-state index < -0.39 is 40.5 Å². The van der Waals surface area contributed by atoms with E-state index in [0.717, 1.165) is 6.26 Å². The van der Waals surface area contributed by atoms with E-state index in [2.05, 4.69) is 16.0 Å². The third-order valence-corrected chi connectivity index (χ3v) is 7.05. The van der Waals surface area contributed by atoms with Crippen LogP contribution in [0, 0.1) is 5.92 Å². The van der Waals surface area contributed by atoms with E-state index in [-0.39, 0.29) is 39.4 Å². The summed E-state index contributed by atoms with van der Waals surface area (Å²) in [6.45, 7) is 5.22. The van der Waals surface area contributed by atoms with Crippen LogP contribution in [-0.2, 0) is 14.4 Å². The predicted octanol–water partition coefficient (Wildman–Crippen LogP) is 4.72. The highest BCUT2D eigenvalue weighted by atomic mass is 16.5. The third-order valence-electron chi connectivity index (χ3n) is 7.05. The maximum absolute atomic E-state index is 14.3. The van der Waals surface area contributed by atoms with Crippen molar-refractivity contribution in [2.75, 3.05) is 39.1 Å². The first-order valence-corrected chi connectivity index (χ1v) is 14.3. The number of methoxy groups -OCH3 is 4. The predicted molar refractivity (Wildman–Crippen MR) is 173 cm³/mol.